The van der Waals surface area contributed by atoms with Crippen molar-refractivity contribution in [3.05, 3.63) is 63.8 Å². The molecule has 7 nitrogen and oxygen atoms in total. The molecule has 0 radical (unpaired) electrons. The molecule has 0 saturated carbocycles. The van der Waals surface area contributed by atoms with Gasteiger partial charge in [-0.2, -0.15) is 5.26 Å². The number of fused-ring (bicyclic) bond motifs is 1. The molecule has 0 aromatic carbocycles. The van der Waals surface area contributed by atoms with Gasteiger partial charge in [-0.3, -0.25) is 9.78 Å². The van der Waals surface area contributed by atoms with Crippen molar-refractivity contribution in [1.82, 2.24) is 15.0 Å². The molecular formula is C13H9N5O2. The number of nitrogens with two attached hydrogens (primary N) is 1. The van der Waals surface area contributed by atoms with Gasteiger partial charge >= 0.3 is 0 Å². The maximum Gasteiger partial charge on any atom is 0.258 e. The van der Waals surface area contributed by atoms with Crippen LogP contribution in [0.3, 0.4) is 0 Å². The Morgan fingerprint density at radius 2 is 2.15 bits per heavy atom. The van der Waals surface area contributed by atoms with Crippen molar-refractivity contribution < 1.29 is 4.74 Å². The zero-order valence-corrected chi connectivity index (χ0v) is 10.2. The van der Waals surface area contributed by atoms with Gasteiger partial charge in [0.1, 0.15) is 11.6 Å². The molecule has 3 heterocycles. The average Bonchev–Trinajstić information content (AvgIpc) is 2.47. The van der Waals surface area contributed by atoms with Crippen molar-refractivity contribution in [2.75, 3.05) is 0 Å². The number of allylic oxidation sites excluding steroid dienone is 1. The van der Waals surface area contributed by atoms with Gasteiger partial charge in [-0.15, -0.1) is 0 Å². The second-order valence-electron chi connectivity index (χ2n) is 4.16. The number of pyridine rings is 1. The maximum absolute atomic E-state index is 12.1. The second kappa shape index (κ2) is 4.51. The van der Waals surface area contributed by atoms with Gasteiger partial charge in [0.15, 0.2) is 0 Å². The molecule has 0 fully saturated rings. The van der Waals surface area contributed by atoms with Gasteiger partial charge in [-0.1, -0.05) is 0 Å². The van der Waals surface area contributed by atoms with Crippen molar-refractivity contribution in [3.8, 4) is 11.9 Å². The van der Waals surface area contributed by atoms with E-state index >= 15 is 0 Å². The van der Waals surface area contributed by atoms with Gasteiger partial charge < -0.3 is 15.5 Å². The highest BCUT2D eigenvalue weighted by Crippen LogP contribution is 2.38. The Labute approximate surface area is 113 Å². The van der Waals surface area contributed by atoms with Crippen LogP contribution in [-0.2, 0) is 0 Å². The van der Waals surface area contributed by atoms with Gasteiger partial charge in [0.2, 0.25) is 11.8 Å². The highest BCUT2D eigenvalue weighted by molar-refractivity contribution is 5.52. The quantitative estimate of drug-likeness (QED) is 0.771. The first-order valence-electron chi connectivity index (χ1n) is 5.77. The summed E-state index contributed by atoms with van der Waals surface area (Å²) >= 11 is 0. The summed E-state index contributed by atoms with van der Waals surface area (Å²) in [6, 6.07) is 5.44. The van der Waals surface area contributed by atoms with E-state index in [1.165, 1.54) is 6.33 Å². The lowest BCUT2D eigenvalue weighted by Gasteiger charge is -2.24. The number of aromatic amines is 1. The largest absolute Gasteiger partial charge is 0.422 e. The first kappa shape index (κ1) is 11.9. The van der Waals surface area contributed by atoms with E-state index in [1.54, 1.807) is 24.5 Å². The summed E-state index contributed by atoms with van der Waals surface area (Å²) in [5.41, 5.74) is 6.56. The summed E-state index contributed by atoms with van der Waals surface area (Å²) in [4.78, 5) is 22.4. The minimum absolute atomic E-state index is 0.0417. The van der Waals surface area contributed by atoms with E-state index in [0.29, 0.717) is 0 Å². The molecule has 2 aromatic rings. The van der Waals surface area contributed by atoms with Crippen molar-refractivity contribution >= 4 is 0 Å². The Kier molecular flexibility index (Phi) is 2.69. The predicted molar refractivity (Wildman–Crippen MR) is 68.4 cm³/mol. The SMILES string of the molecule is N#CC1=C(N)Oc2nc[nH]c(=O)c2[C@H]1c1ccncc1. The number of nitriles is 1. The van der Waals surface area contributed by atoms with Gasteiger partial charge in [-0.25, -0.2) is 4.98 Å². The number of rotatable bonds is 1. The molecule has 7 heteroatoms. The molecule has 0 unspecified atom stereocenters. The molecule has 1 aliphatic rings. The first-order valence-corrected chi connectivity index (χ1v) is 5.77. The topological polar surface area (TPSA) is 118 Å². The van der Waals surface area contributed by atoms with Crippen LogP contribution < -0.4 is 16.0 Å². The third-order valence-corrected chi connectivity index (χ3v) is 3.06. The molecule has 3 N–H and O–H groups in total. The first-order chi connectivity index (χ1) is 9.72. The molecule has 0 amide bonds. The third kappa shape index (κ3) is 1.71. The van der Waals surface area contributed by atoms with Crippen LogP contribution in [0.1, 0.15) is 17.0 Å². The van der Waals surface area contributed by atoms with Gasteiger partial charge in [0.05, 0.1) is 17.8 Å². The fourth-order valence-electron chi connectivity index (χ4n) is 2.18. The minimum atomic E-state index is -0.607. The summed E-state index contributed by atoms with van der Waals surface area (Å²) in [5.74, 6) is -0.531. The van der Waals surface area contributed by atoms with E-state index in [1.807, 2.05) is 6.07 Å². The average molecular weight is 267 g/mol. The lowest BCUT2D eigenvalue weighted by molar-refractivity contribution is 0.375. The zero-order valence-electron chi connectivity index (χ0n) is 10.2. The van der Waals surface area contributed by atoms with Crippen molar-refractivity contribution in [3.63, 3.8) is 0 Å². The molecule has 98 valence electrons. The molecule has 20 heavy (non-hydrogen) atoms. The Balaban J connectivity index is 2.31. The van der Waals surface area contributed by atoms with Crippen LogP contribution in [0.15, 0.2) is 47.1 Å². The Bertz CT molecular complexity index is 788. The number of hydrogen-bond acceptors (Lipinski definition) is 6. The fraction of sp³-hybridized carbons (Fsp3) is 0.0769. The summed E-state index contributed by atoms with van der Waals surface area (Å²) in [7, 11) is 0. The van der Waals surface area contributed by atoms with Crippen LogP contribution in [0, 0.1) is 11.3 Å². The third-order valence-electron chi connectivity index (χ3n) is 3.06. The predicted octanol–water partition coefficient (Wildman–Crippen LogP) is 0.383. The normalized spacial score (nSPS) is 17.1. The van der Waals surface area contributed by atoms with E-state index < -0.39 is 5.92 Å². The monoisotopic (exact) mass is 267 g/mol. The Hall–Kier alpha value is -3.14. The van der Waals surface area contributed by atoms with Crippen LogP contribution in [0.25, 0.3) is 0 Å². The van der Waals surface area contributed by atoms with E-state index in [2.05, 4.69) is 15.0 Å². The van der Waals surface area contributed by atoms with Crippen LogP contribution >= 0.6 is 0 Å². The number of nitrogens with one attached hydrogen (secondary N) is 1. The summed E-state index contributed by atoms with van der Waals surface area (Å²) in [5, 5.41) is 9.29. The van der Waals surface area contributed by atoms with Gasteiger partial charge in [0, 0.05) is 12.4 Å². The number of hydrogen-bond donors (Lipinski definition) is 2. The summed E-state index contributed by atoms with van der Waals surface area (Å²) in [6.45, 7) is 0. The van der Waals surface area contributed by atoms with Crippen molar-refractivity contribution in [2.45, 2.75) is 5.92 Å². The smallest absolute Gasteiger partial charge is 0.258 e. The zero-order chi connectivity index (χ0) is 14.1. The highest BCUT2D eigenvalue weighted by Gasteiger charge is 2.33. The summed E-state index contributed by atoms with van der Waals surface area (Å²) < 4.78 is 5.26. The molecule has 3 rings (SSSR count). The van der Waals surface area contributed by atoms with E-state index in [9.17, 15) is 10.1 Å². The second-order valence-corrected chi connectivity index (χ2v) is 4.16. The molecular weight excluding hydrogens is 258 g/mol. The number of H-pyrrole nitrogens is 1. The van der Waals surface area contributed by atoms with Crippen molar-refractivity contribution in [2.24, 2.45) is 5.73 Å². The number of ether oxygens (including phenoxy) is 1. The van der Waals surface area contributed by atoms with Crippen LogP contribution in [0.4, 0.5) is 0 Å². The van der Waals surface area contributed by atoms with E-state index in [0.717, 1.165) is 5.56 Å². The Morgan fingerprint density at radius 3 is 2.85 bits per heavy atom. The lowest BCUT2D eigenvalue weighted by Crippen LogP contribution is -2.28. The molecule has 0 saturated heterocycles. The summed E-state index contributed by atoms with van der Waals surface area (Å²) in [6.07, 6.45) is 4.40. The molecule has 0 bridgehead atoms. The van der Waals surface area contributed by atoms with E-state index in [4.69, 9.17) is 10.5 Å². The fourth-order valence-corrected chi connectivity index (χ4v) is 2.18. The van der Waals surface area contributed by atoms with Crippen LogP contribution in [0.5, 0.6) is 5.88 Å². The molecule has 2 aromatic heterocycles. The van der Waals surface area contributed by atoms with Gasteiger partial charge in [0.25, 0.3) is 5.56 Å². The molecule has 0 spiro atoms. The lowest BCUT2D eigenvalue weighted by atomic mass is 9.86. The Morgan fingerprint density at radius 1 is 1.40 bits per heavy atom. The molecule has 0 aliphatic carbocycles. The van der Waals surface area contributed by atoms with Crippen LogP contribution in [0.2, 0.25) is 0 Å². The van der Waals surface area contributed by atoms with Crippen molar-refractivity contribution in [1.29, 1.82) is 5.26 Å². The minimum Gasteiger partial charge on any atom is -0.422 e. The maximum atomic E-state index is 12.1. The van der Waals surface area contributed by atoms with E-state index in [-0.39, 0.29) is 28.5 Å². The van der Waals surface area contributed by atoms with Crippen LogP contribution in [-0.4, -0.2) is 15.0 Å². The molecule has 1 atom stereocenters. The van der Waals surface area contributed by atoms with Gasteiger partial charge in [-0.05, 0) is 17.7 Å². The molecule has 1 aliphatic heterocycles. The standard InChI is InChI=1S/C13H9N5O2/c14-5-8-9(7-1-3-16-4-2-7)10-12(19)17-6-18-13(10)20-11(8)15/h1-4,6,9H,15H2,(H,17,18,19)/t9-/m0/s1. The highest BCUT2D eigenvalue weighted by atomic mass is 16.5. The number of aromatic nitrogens is 3. The number of nitrogens with zero attached hydrogens (tertiary/aromatic N) is 3.